The molecule has 0 spiro atoms. The fourth-order valence-corrected chi connectivity index (χ4v) is 3.09. The molecule has 3 rings (SSSR count). The van der Waals surface area contributed by atoms with Gasteiger partial charge in [0.15, 0.2) is 23.0 Å². The van der Waals surface area contributed by atoms with E-state index in [2.05, 4.69) is 15.8 Å². The third-order valence-corrected chi connectivity index (χ3v) is 4.62. The first kappa shape index (κ1) is 21.6. The van der Waals surface area contributed by atoms with Crippen molar-refractivity contribution in [3.63, 3.8) is 0 Å². The third kappa shape index (κ3) is 4.13. The van der Waals surface area contributed by atoms with Crippen molar-refractivity contribution in [1.82, 2.24) is 15.8 Å². The fourth-order valence-electron chi connectivity index (χ4n) is 3.09. The van der Waals surface area contributed by atoms with E-state index in [0.29, 0.717) is 39.7 Å². The molecule has 164 valence electrons. The highest BCUT2D eigenvalue weighted by atomic mass is 16.5. The van der Waals surface area contributed by atoms with Crippen molar-refractivity contribution < 1.29 is 33.3 Å². The molecule has 3 N–H and O–H groups in total. The van der Waals surface area contributed by atoms with Crippen molar-refractivity contribution >= 4 is 22.7 Å². The van der Waals surface area contributed by atoms with E-state index in [1.807, 2.05) is 0 Å². The molecular formula is C21H23N3O7. The number of amides is 2. The second-order valence-corrected chi connectivity index (χ2v) is 6.26. The molecule has 31 heavy (non-hydrogen) atoms. The molecule has 3 aromatic rings. The maximum absolute atomic E-state index is 12.6. The predicted octanol–water partition coefficient (Wildman–Crippen LogP) is 2.29. The van der Waals surface area contributed by atoms with Crippen LogP contribution in [-0.2, 0) is 0 Å². The molecule has 0 aliphatic carbocycles. The highest BCUT2D eigenvalue weighted by Gasteiger charge is 2.20. The summed E-state index contributed by atoms with van der Waals surface area (Å²) < 4.78 is 26.4. The number of carbonyl (C=O) groups is 2. The Balaban J connectivity index is 1.81. The molecule has 0 aliphatic heterocycles. The Hall–Kier alpha value is -4.08. The summed E-state index contributed by atoms with van der Waals surface area (Å²) in [4.78, 5) is 28.0. The van der Waals surface area contributed by atoms with Crippen LogP contribution in [0.15, 0.2) is 30.3 Å². The molecule has 0 atom stereocenters. The van der Waals surface area contributed by atoms with Crippen LogP contribution in [0.5, 0.6) is 28.7 Å². The number of fused-ring (bicyclic) bond motifs is 1. The number of hydrazine groups is 1. The van der Waals surface area contributed by atoms with Gasteiger partial charge in [0, 0.05) is 17.0 Å². The first-order valence-electron chi connectivity index (χ1n) is 9.11. The van der Waals surface area contributed by atoms with Crippen LogP contribution in [0.25, 0.3) is 10.9 Å². The standard InChI is InChI=1S/C21H23N3O7/c1-27-14-7-6-11(8-16(14)29-3)20(25)23-24-21(26)13-9-12-15(28-2)10-17(30-4)19(31-5)18(12)22-13/h6-10,22H,1-5H3,(H,23,25)(H,24,26). The quantitative estimate of drug-likeness (QED) is 0.493. The molecule has 2 aromatic carbocycles. The van der Waals surface area contributed by atoms with Gasteiger partial charge in [-0.05, 0) is 24.3 Å². The third-order valence-electron chi connectivity index (χ3n) is 4.62. The first-order chi connectivity index (χ1) is 15.0. The van der Waals surface area contributed by atoms with E-state index in [1.54, 1.807) is 24.3 Å². The summed E-state index contributed by atoms with van der Waals surface area (Å²) in [6.45, 7) is 0. The largest absolute Gasteiger partial charge is 0.496 e. The van der Waals surface area contributed by atoms with Crippen LogP contribution in [0.4, 0.5) is 0 Å². The second kappa shape index (κ2) is 9.16. The van der Waals surface area contributed by atoms with Gasteiger partial charge in [-0.15, -0.1) is 0 Å². The van der Waals surface area contributed by atoms with Gasteiger partial charge >= 0.3 is 0 Å². The molecule has 0 aliphatic rings. The molecular weight excluding hydrogens is 406 g/mol. The maximum Gasteiger partial charge on any atom is 0.286 e. The van der Waals surface area contributed by atoms with Gasteiger partial charge in [0.05, 0.1) is 41.1 Å². The van der Waals surface area contributed by atoms with Gasteiger partial charge < -0.3 is 28.7 Å². The highest BCUT2D eigenvalue weighted by molar-refractivity contribution is 6.03. The van der Waals surface area contributed by atoms with E-state index in [0.717, 1.165) is 0 Å². The number of hydrogen-bond acceptors (Lipinski definition) is 7. The monoisotopic (exact) mass is 429 g/mol. The van der Waals surface area contributed by atoms with E-state index in [9.17, 15) is 9.59 Å². The van der Waals surface area contributed by atoms with Crippen LogP contribution in [-0.4, -0.2) is 52.3 Å². The van der Waals surface area contributed by atoms with E-state index in [4.69, 9.17) is 23.7 Å². The van der Waals surface area contributed by atoms with Crippen LogP contribution in [0, 0.1) is 0 Å². The summed E-state index contributed by atoms with van der Waals surface area (Å²) in [5, 5.41) is 0.622. The zero-order chi connectivity index (χ0) is 22.5. The summed E-state index contributed by atoms with van der Waals surface area (Å²) in [6, 6.07) is 7.90. The van der Waals surface area contributed by atoms with Gasteiger partial charge in [-0.3, -0.25) is 20.4 Å². The SMILES string of the molecule is COc1ccc(C(=O)NNC(=O)c2cc3c(OC)cc(OC)c(OC)c3[nH]2)cc1OC. The minimum Gasteiger partial charge on any atom is -0.496 e. The molecule has 0 saturated carbocycles. The Labute approximate surface area is 178 Å². The Bertz CT molecular complexity index is 1120. The first-order valence-corrected chi connectivity index (χ1v) is 9.11. The fraction of sp³-hybridized carbons (Fsp3) is 0.238. The van der Waals surface area contributed by atoms with Crippen molar-refractivity contribution in [2.24, 2.45) is 0 Å². The summed E-state index contributed by atoms with van der Waals surface area (Å²) in [5.41, 5.74) is 5.73. The maximum atomic E-state index is 12.6. The van der Waals surface area contributed by atoms with Gasteiger partial charge in [-0.2, -0.15) is 0 Å². The van der Waals surface area contributed by atoms with E-state index < -0.39 is 11.8 Å². The number of nitrogens with one attached hydrogen (secondary N) is 3. The molecule has 0 bridgehead atoms. The lowest BCUT2D eigenvalue weighted by atomic mass is 10.2. The minimum atomic E-state index is -0.562. The van der Waals surface area contributed by atoms with Crippen molar-refractivity contribution in [3.05, 3.63) is 41.6 Å². The lowest BCUT2D eigenvalue weighted by Crippen LogP contribution is -2.41. The number of methoxy groups -OCH3 is 5. The molecule has 10 heteroatoms. The van der Waals surface area contributed by atoms with E-state index in [-0.39, 0.29) is 11.3 Å². The number of aromatic nitrogens is 1. The Morgan fingerprint density at radius 1 is 0.710 bits per heavy atom. The molecule has 0 saturated heterocycles. The number of aromatic amines is 1. The minimum absolute atomic E-state index is 0.187. The lowest BCUT2D eigenvalue weighted by Gasteiger charge is -2.11. The lowest BCUT2D eigenvalue weighted by molar-refractivity contribution is 0.0844. The smallest absolute Gasteiger partial charge is 0.286 e. The van der Waals surface area contributed by atoms with Gasteiger partial charge in [-0.25, -0.2) is 0 Å². The Kier molecular flexibility index (Phi) is 6.39. The van der Waals surface area contributed by atoms with Crippen LogP contribution < -0.4 is 34.5 Å². The van der Waals surface area contributed by atoms with Crippen LogP contribution in [0.3, 0.4) is 0 Å². The molecule has 0 unspecified atom stereocenters. The summed E-state index contributed by atoms with van der Waals surface area (Å²) in [5.74, 6) is 1.16. The van der Waals surface area contributed by atoms with Gasteiger partial charge in [-0.1, -0.05) is 0 Å². The van der Waals surface area contributed by atoms with Gasteiger partial charge in [0.1, 0.15) is 11.4 Å². The number of benzene rings is 2. The number of ether oxygens (including phenoxy) is 5. The highest BCUT2D eigenvalue weighted by Crippen LogP contribution is 2.41. The molecule has 0 fully saturated rings. The Morgan fingerprint density at radius 2 is 1.35 bits per heavy atom. The summed E-state index contributed by atoms with van der Waals surface area (Å²) in [7, 11) is 7.47. The predicted molar refractivity (Wildman–Crippen MR) is 112 cm³/mol. The van der Waals surface area contributed by atoms with Crippen LogP contribution in [0.1, 0.15) is 20.8 Å². The Morgan fingerprint density at radius 3 is 1.97 bits per heavy atom. The molecule has 1 aromatic heterocycles. The van der Waals surface area contributed by atoms with E-state index >= 15 is 0 Å². The van der Waals surface area contributed by atoms with Gasteiger partial charge in [0.2, 0.25) is 0 Å². The van der Waals surface area contributed by atoms with Crippen molar-refractivity contribution in [1.29, 1.82) is 0 Å². The summed E-state index contributed by atoms with van der Waals surface area (Å²) in [6.07, 6.45) is 0. The van der Waals surface area contributed by atoms with Crippen LogP contribution >= 0.6 is 0 Å². The number of hydrogen-bond donors (Lipinski definition) is 3. The number of carbonyl (C=O) groups excluding carboxylic acids is 2. The molecule has 0 radical (unpaired) electrons. The topological polar surface area (TPSA) is 120 Å². The van der Waals surface area contributed by atoms with Crippen LogP contribution in [0.2, 0.25) is 0 Å². The molecule has 2 amide bonds. The zero-order valence-electron chi connectivity index (χ0n) is 17.7. The zero-order valence-corrected chi connectivity index (χ0v) is 17.7. The van der Waals surface area contributed by atoms with Gasteiger partial charge in [0.25, 0.3) is 11.8 Å². The summed E-state index contributed by atoms with van der Waals surface area (Å²) >= 11 is 0. The average molecular weight is 429 g/mol. The molecule has 1 heterocycles. The normalized spacial score (nSPS) is 10.4. The second-order valence-electron chi connectivity index (χ2n) is 6.26. The average Bonchev–Trinajstić information content (AvgIpc) is 3.26. The van der Waals surface area contributed by atoms with E-state index in [1.165, 1.54) is 41.6 Å². The number of H-pyrrole nitrogens is 1. The van der Waals surface area contributed by atoms with Crippen molar-refractivity contribution in [3.8, 4) is 28.7 Å². The van der Waals surface area contributed by atoms with Crippen molar-refractivity contribution in [2.75, 3.05) is 35.5 Å². The number of rotatable bonds is 7. The molecule has 10 nitrogen and oxygen atoms in total. The van der Waals surface area contributed by atoms with Crippen molar-refractivity contribution in [2.45, 2.75) is 0 Å².